The van der Waals surface area contributed by atoms with Gasteiger partial charge in [-0.2, -0.15) is 9.61 Å². The van der Waals surface area contributed by atoms with Gasteiger partial charge in [0.05, 0.1) is 17.7 Å². The van der Waals surface area contributed by atoms with Crippen molar-refractivity contribution in [2.75, 3.05) is 20.3 Å². The number of unbranched alkanes of at least 4 members (excludes halogenated alkanes) is 3. The van der Waals surface area contributed by atoms with Gasteiger partial charge in [0.1, 0.15) is 5.01 Å². The monoisotopic (exact) mass is 413 g/mol. The largest absolute Gasteiger partial charge is 0.384 e. The second-order valence-corrected chi connectivity index (χ2v) is 8.06. The van der Waals surface area contributed by atoms with E-state index in [1.165, 1.54) is 4.90 Å². The van der Waals surface area contributed by atoms with E-state index in [2.05, 4.69) is 15.3 Å². The van der Waals surface area contributed by atoms with Crippen LogP contribution in [-0.2, 0) is 17.6 Å². The van der Waals surface area contributed by atoms with Crippen LogP contribution >= 0.6 is 11.3 Å². The molecule has 9 heteroatoms. The first kappa shape index (κ1) is 19.7. The Bertz CT molecular complexity index is 993. The molecule has 0 N–H and O–H groups in total. The molecule has 0 aliphatic carbocycles. The maximum absolute atomic E-state index is 12.3. The number of rotatable bonds is 10. The molecule has 0 saturated carbocycles. The summed E-state index contributed by atoms with van der Waals surface area (Å²) in [5, 5.41) is 14.0. The fourth-order valence-electron chi connectivity index (χ4n) is 3.49. The first-order valence-electron chi connectivity index (χ1n) is 9.83. The van der Waals surface area contributed by atoms with E-state index in [9.17, 15) is 9.59 Å². The number of aryl methyl sites for hydroxylation is 1. The fraction of sp³-hybridized carbons (Fsp3) is 0.450. The Morgan fingerprint density at radius 3 is 2.41 bits per heavy atom. The van der Waals surface area contributed by atoms with Crippen molar-refractivity contribution in [3.05, 3.63) is 46.2 Å². The summed E-state index contributed by atoms with van der Waals surface area (Å²) in [5.41, 5.74) is 1.04. The molecule has 1 aromatic carbocycles. The Labute approximate surface area is 172 Å². The van der Waals surface area contributed by atoms with Crippen LogP contribution in [0.1, 0.15) is 57.2 Å². The maximum Gasteiger partial charge on any atom is 0.261 e. The summed E-state index contributed by atoms with van der Waals surface area (Å²) >= 11 is 1.57. The molecule has 3 aromatic rings. The number of hydrogen-bond acceptors (Lipinski definition) is 7. The maximum atomic E-state index is 12.3. The van der Waals surface area contributed by atoms with Crippen molar-refractivity contribution in [2.24, 2.45) is 0 Å². The molecule has 0 fully saturated rings. The number of carbonyl (C=O) groups is 2. The Morgan fingerprint density at radius 1 is 0.966 bits per heavy atom. The molecule has 0 unspecified atom stereocenters. The van der Waals surface area contributed by atoms with Crippen LogP contribution in [0.5, 0.6) is 0 Å². The van der Waals surface area contributed by atoms with Gasteiger partial charge in [-0.1, -0.05) is 36.3 Å². The molecule has 0 saturated heterocycles. The van der Waals surface area contributed by atoms with Gasteiger partial charge in [0.25, 0.3) is 11.8 Å². The van der Waals surface area contributed by atoms with E-state index in [4.69, 9.17) is 4.74 Å². The van der Waals surface area contributed by atoms with E-state index >= 15 is 0 Å². The van der Waals surface area contributed by atoms with Gasteiger partial charge >= 0.3 is 0 Å². The molecule has 0 spiro atoms. The molecule has 4 rings (SSSR count). The zero-order valence-electron chi connectivity index (χ0n) is 16.3. The van der Waals surface area contributed by atoms with Gasteiger partial charge in [0.15, 0.2) is 5.82 Å². The zero-order valence-corrected chi connectivity index (χ0v) is 17.2. The molecule has 0 bridgehead atoms. The van der Waals surface area contributed by atoms with Gasteiger partial charge < -0.3 is 4.74 Å². The molecule has 0 atom stereocenters. The molecule has 2 aromatic heterocycles. The van der Waals surface area contributed by atoms with Crippen molar-refractivity contribution < 1.29 is 14.3 Å². The van der Waals surface area contributed by atoms with E-state index in [1.54, 1.807) is 47.2 Å². The van der Waals surface area contributed by atoms with Crippen LogP contribution in [0.4, 0.5) is 0 Å². The van der Waals surface area contributed by atoms with Crippen molar-refractivity contribution in [3.63, 3.8) is 0 Å². The number of benzene rings is 1. The number of fused-ring (bicyclic) bond motifs is 2. The van der Waals surface area contributed by atoms with Crippen molar-refractivity contribution in [1.29, 1.82) is 0 Å². The average molecular weight is 414 g/mol. The lowest BCUT2D eigenvalue weighted by Crippen LogP contribution is -2.30. The minimum Gasteiger partial charge on any atom is -0.384 e. The van der Waals surface area contributed by atoms with Crippen LogP contribution in [0.2, 0.25) is 0 Å². The molecule has 152 valence electrons. The molecule has 1 aliphatic heterocycles. The quantitative estimate of drug-likeness (QED) is 0.375. The molecule has 0 radical (unpaired) electrons. The van der Waals surface area contributed by atoms with Crippen LogP contribution in [0, 0.1) is 0 Å². The van der Waals surface area contributed by atoms with E-state index in [0.29, 0.717) is 30.7 Å². The van der Waals surface area contributed by atoms with Crippen molar-refractivity contribution in [2.45, 2.75) is 38.5 Å². The summed E-state index contributed by atoms with van der Waals surface area (Å²) in [6, 6.07) is 7.02. The number of imide groups is 1. The summed E-state index contributed by atoms with van der Waals surface area (Å²) in [5.74, 6) is 0.481. The molecule has 8 nitrogen and oxygen atoms in total. The second kappa shape index (κ2) is 8.79. The Kier molecular flexibility index (Phi) is 5.96. The third-order valence-electron chi connectivity index (χ3n) is 5.03. The van der Waals surface area contributed by atoms with Crippen molar-refractivity contribution >= 4 is 28.1 Å². The molecule has 29 heavy (non-hydrogen) atoms. The smallest absolute Gasteiger partial charge is 0.261 e. The first-order valence-corrected chi connectivity index (χ1v) is 10.6. The summed E-state index contributed by atoms with van der Waals surface area (Å²) in [7, 11) is 1.67. The van der Waals surface area contributed by atoms with Gasteiger partial charge in [-0.25, -0.2) is 0 Å². The standard InChI is InChI=1S/C20H23N5O3S/c1-28-13-11-16-21-22-20-25(16)23-17(29-20)10-4-2-3-7-12-24-18(26)14-8-5-6-9-15(14)19(24)27/h5-6,8-9H,2-4,7,10-13H2,1H3. The summed E-state index contributed by atoms with van der Waals surface area (Å²) in [4.78, 5) is 26.9. The van der Waals surface area contributed by atoms with Gasteiger partial charge in [0, 0.05) is 26.5 Å². The van der Waals surface area contributed by atoms with Crippen LogP contribution in [0.15, 0.2) is 24.3 Å². The fourth-order valence-corrected chi connectivity index (χ4v) is 4.38. The number of aromatic nitrogens is 4. The van der Waals surface area contributed by atoms with Crippen molar-refractivity contribution in [1.82, 2.24) is 24.7 Å². The average Bonchev–Trinajstić information content (AvgIpc) is 3.37. The molecular weight excluding hydrogens is 390 g/mol. The molecule has 2 amide bonds. The molecular formula is C20H23N5O3S. The number of nitrogens with zero attached hydrogens (tertiary/aromatic N) is 5. The number of ether oxygens (including phenoxy) is 1. The lowest BCUT2D eigenvalue weighted by Gasteiger charge is -2.13. The molecule has 3 heterocycles. The van der Waals surface area contributed by atoms with E-state index in [0.717, 1.165) is 47.9 Å². The minimum atomic E-state index is -0.172. The highest BCUT2D eigenvalue weighted by atomic mass is 32.1. The van der Waals surface area contributed by atoms with Gasteiger partial charge in [0.2, 0.25) is 4.96 Å². The summed E-state index contributed by atoms with van der Waals surface area (Å²) in [6.45, 7) is 1.08. The van der Waals surface area contributed by atoms with Crippen LogP contribution < -0.4 is 0 Å². The topological polar surface area (TPSA) is 89.7 Å². The normalized spacial score (nSPS) is 13.6. The van der Waals surface area contributed by atoms with E-state index < -0.39 is 0 Å². The third kappa shape index (κ3) is 4.06. The number of methoxy groups -OCH3 is 1. The number of carbonyl (C=O) groups excluding carboxylic acids is 2. The highest BCUT2D eigenvalue weighted by Crippen LogP contribution is 2.23. The highest BCUT2D eigenvalue weighted by molar-refractivity contribution is 7.16. The summed E-state index contributed by atoms with van der Waals surface area (Å²) in [6.07, 6.45) is 5.41. The predicted octanol–water partition coefficient (Wildman–Crippen LogP) is 2.77. The van der Waals surface area contributed by atoms with E-state index in [1.807, 2.05) is 0 Å². The Hall–Kier alpha value is -2.65. The number of amides is 2. The van der Waals surface area contributed by atoms with Gasteiger partial charge in [-0.3, -0.25) is 14.5 Å². The summed E-state index contributed by atoms with van der Waals surface area (Å²) < 4.78 is 6.90. The predicted molar refractivity (Wildman–Crippen MR) is 108 cm³/mol. The Morgan fingerprint density at radius 2 is 1.69 bits per heavy atom. The van der Waals surface area contributed by atoms with Gasteiger partial charge in [-0.15, -0.1) is 10.2 Å². The SMILES string of the molecule is COCCc1nnc2sc(CCCCCCN3C(=O)c4ccccc4C3=O)nn12. The van der Waals surface area contributed by atoms with Crippen LogP contribution in [0.3, 0.4) is 0 Å². The number of hydrogen-bond donors (Lipinski definition) is 0. The third-order valence-corrected chi connectivity index (χ3v) is 5.99. The lowest BCUT2D eigenvalue weighted by molar-refractivity contribution is 0.0651. The minimum absolute atomic E-state index is 0.172. The van der Waals surface area contributed by atoms with Crippen molar-refractivity contribution in [3.8, 4) is 0 Å². The van der Waals surface area contributed by atoms with E-state index in [-0.39, 0.29) is 11.8 Å². The lowest BCUT2D eigenvalue weighted by atomic mass is 10.1. The highest BCUT2D eigenvalue weighted by Gasteiger charge is 2.34. The second-order valence-electron chi connectivity index (χ2n) is 7.02. The van der Waals surface area contributed by atoms with Gasteiger partial charge in [-0.05, 0) is 25.0 Å². The molecule has 1 aliphatic rings. The van der Waals surface area contributed by atoms with Crippen LogP contribution in [0.25, 0.3) is 4.96 Å². The first-order chi connectivity index (χ1) is 14.2. The van der Waals surface area contributed by atoms with Crippen LogP contribution in [-0.4, -0.2) is 56.8 Å². The Balaban J connectivity index is 1.20. The zero-order chi connectivity index (χ0) is 20.2.